The van der Waals surface area contributed by atoms with Gasteiger partial charge in [-0.2, -0.15) is 0 Å². The van der Waals surface area contributed by atoms with Crippen molar-refractivity contribution in [3.63, 3.8) is 0 Å². The number of methoxy groups -OCH3 is 1. The Labute approximate surface area is 142 Å². The number of ether oxygens (including phenoxy) is 1. The predicted octanol–water partition coefficient (Wildman–Crippen LogP) is 5.29. The second-order valence-electron chi connectivity index (χ2n) is 4.67. The zero-order valence-corrected chi connectivity index (χ0v) is 14.4. The standard InChI is InChI=1S/C17H14BrClO3/c1-10-11(4-3-5-14(10)18)6-7-12-8-16(22-2)13(17(20)21)9-15(12)19/h3-9H,1-2H3,(H,20,21). The lowest BCUT2D eigenvalue weighted by Crippen LogP contribution is -2.01. The van der Waals surface area contributed by atoms with Gasteiger partial charge in [-0.1, -0.05) is 51.8 Å². The Hall–Kier alpha value is -1.78. The highest BCUT2D eigenvalue weighted by atomic mass is 79.9. The highest BCUT2D eigenvalue weighted by molar-refractivity contribution is 9.10. The lowest BCUT2D eigenvalue weighted by Gasteiger charge is -2.08. The molecule has 22 heavy (non-hydrogen) atoms. The summed E-state index contributed by atoms with van der Waals surface area (Å²) in [6.45, 7) is 2.01. The molecule has 0 aliphatic heterocycles. The monoisotopic (exact) mass is 380 g/mol. The maximum Gasteiger partial charge on any atom is 0.339 e. The second kappa shape index (κ2) is 6.99. The molecule has 3 nitrogen and oxygen atoms in total. The molecule has 0 atom stereocenters. The van der Waals surface area contributed by atoms with E-state index in [4.69, 9.17) is 21.4 Å². The Morgan fingerprint density at radius 2 is 1.95 bits per heavy atom. The number of carbonyl (C=O) groups is 1. The molecule has 0 aromatic heterocycles. The van der Waals surface area contributed by atoms with Crippen LogP contribution in [0, 0.1) is 6.92 Å². The van der Waals surface area contributed by atoms with Gasteiger partial charge in [-0.3, -0.25) is 0 Å². The van der Waals surface area contributed by atoms with Crippen molar-refractivity contribution in [1.82, 2.24) is 0 Å². The summed E-state index contributed by atoms with van der Waals surface area (Å²) in [6.07, 6.45) is 3.77. The van der Waals surface area contributed by atoms with Gasteiger partial charge < -0.3 is 9.84 Å². The van der Waals surface area contributed by atoms with Crippen LogP contribution in [0.2, 0.25) is 5.02 Å². The quantitative estimate of drug-likeness (QED) is 0.732. The average molecular weight is 382 g/mol. The van der Waals surface area contributed by atoms with Crippen LogP contribution in [0.25, 0.3) is 12.2 Å². The van der Waals surface area contributed by atoms with Crippen LogP contribution in [-0.4, -0.2) is 18.2 Å². The number of rotatable bonds is 4. The van der Waals surface area contributed by atoms with E-state index in [9.17, 15) is 4.79 Å². The van der Waals surface area contributed by atoms with E-state index in [2.05, 4.69) is 15.9 Å². The zero-order chi connectivity index (χ0) is 16.3. The fourth-order valence-corrected chi connectivity index (χ4v) is 2.63. The van der Waals surface area contributed by atoms with Gasteiger partial charge in [0.15, 0.2) is 0 Å². The van der Waals surface area contributed by atoms with E-state index in [0.29, 0.717) is 10.6 Å². The van der Waals surface area contributed by atoms with Gasteiger partial charge in [0.05, 0.1) is 7.11 Å². The largest absolute Gasteiger partial charge is 0.496 e. The van der Waals surface area contributed by atoms with Crippen LogP contribution in [0.5, 0.6) is 5.75 Å². The van der Waals surface area contributed by atoms with Crippen molar-refractivity contribution in [3.05, 3.63) is 62.1 Å². The molecule has 0 radical (unpaired) electrons. The normalized spacial score (nSPS) is 10.9. The molecule has 0 saturated heterocycles. The van der Waals surface area contributed by atoms with Gasteiger partial charge in [-0.05, 0) is 41.8 Å². The van der Waals surface area contributed by atoms with E-state index in [1.54, 1.807) is 6.07 Å². The van der Waals surface area contributed by atoms with Gasteiger partial charge in [0.1, 0.15) is 11.3 Å². The molecule has 0 fully saturated rings. The second-order valence-corrected chi connectivity index (χ2v) is 5.93. The molecule has 0 aliphatic carbocycles. The van der Waals surface area contributed by atoms with Crippen molar-refractivity contribution in [2.24, 2.45) is 0 Å². The number of hydrogen-bond donors (Lipinski definition) is 1. The molecule has 5 heteroatoms. The first-order chi connectivity index (χ1) is 10.4. The molecule has 0 aliphatic rings. The van der Waals surface area contributed by atoms with E-state index in [1.807, 2.05) is 37.3 Å². The van der Waals surface area contributed by atoms with E-state index >= 15 is 0 Å². The van der Waals surface area contributed by atoms with Crippen molar-refractivity contribution in [2.45, 2.75) is 6.92 Å². The third-order valence-electron chi connectivity index (χ3n) is 3.30. The molecule has 0 unspecified atom stereocenters. The number of carboxylic acids is 1. The molecule has 1 N–H and O–H groups in total. The highest BCUT2D eigenvalue weighted by Crippen LogP contribution is 2.29. The number of hydrogen-bond acceptors (Lipinski definition) is 2. The minimum absolute atomic E-state index is 0.0447. The minimum atomic E-state index is -1.07. The lowest BCUT2D eigenvalue weighted by molar-refractivity contribution is 0.0693. The van der Waals surface area contributed by atoms with E-state index in [-0.39, 0.29) is 11.3 Å². The first-order valence-electron chi connectivity index (χ1n) is 6.48. The Bertz CT molecular complexity index is 754. The van der Waals surface area contributed by atoms with Gasteiger partial charge in [-0.15, -0.1) is 0 Å². The van der Waals surface area contributed by atoms with Gasteiger partial charge in [0.25, 0.3) is 0 Å². The van der Waals surface area contributed by atoms with Crippen LogP contribution < -0.4 is 4.74 Å². The van der Waals surface area contributed by atoms with Crippen molar-refractivity contribution < 1.29 is 14.6 Å². The Kier molecular flexibility index (Phi) is 5.27. The smallest absolute Gasteiger partial charge is 0.339 e. The Morgan fingerprint density at radius 1 is 1.27 bits per heavy atom. The summed E-state index contributed by atoms with van der Waals surface area (Å²) < 4.78 is 6.14. The highest BCUT2D eigenvalue weighted by Gasteiger charge is 2.13. The third-order valence-corrected chi connectivity index (χ3v) is 4.49. The van der Waals surface area contributed by atoms with Crippen molar-refractivity contribution in [3.8, 4) is 5.75 Å². The van der Waals surface area contributed by atoms with Gasteiger partial charge >= 0.3 is 5.97 Å². The Balaban J connectivity index is 2.43. The molecule has 0 saturated carbocycles. The molecule has 0 heterocycles. The minimum Gasteiger partial charge on any atom is -0.496 e. The van der Waals surface area contributed by atoms with Crippen LogP contribution in [0.1, 0.15) is 27.0 Å². The summed E-state index contributed by atoms with van der Waals surface area (Å²) in [5.41, 5.74) is 2.90. The number of carboxylic acid groups (broad SMARTS) is 1. The van der Waals surface area contributed by atoms with E-state index in [1.165, 1.54) is 13.2 Å². The number of benzene rings is 2. The summed E-state index contributed by atoms with van der Waals surface area (Å²) in [4.78, 5) is 11.1. The number of aromatic carboxylic acids is 1. The van der Waals surface area contributed by atoms with Crippen molar-refractivity contribution >= 4 is 45.7 Å². The maximum absolute atomic E-state index is 11.1. The summed E-state index contributed by atoms with van der Waals surface area (Å²) in [5.74, 6) is -0.792. The third kappa shape index (κ3) is 3.51. The zero-order valence-electron chi connectivity index (χ0n) is 12.1. The molecule has 0 bridgehead atoms. The molecule has 114 valence electrons. The molecule has 2 rings (SSSR count). The van der Waals surface area contributed by atoms with Crippen LogP contribution in [-0.2, 0) is 0 Å². The molecular weight excluding hydrogens is 368 g/mol. The fourth-order valence-electron chi connectivity index (χ4n) is 2.02. The van der Waals surface area contributed by atoms with Crippen LogP contribution >= 0.6 is 27.5 Å². The Morgan fingerprint density at radius 3 is 2.59 bits per heavy atom. The molecule has 0 amide bonds. The fraction of sp³-hybridized carbons (Fsp3) is 0.118. The molecule has 0 spiro atoms. The molecule has 2 aromatic carbocycles. The SMILES string of the molecule is COc1cc(C=Cc2cccc(Br)c2C)c(Cl)cc1C(=O)O. The maximum atomic E-state index is 11.1. The lowest BCUT2D eigenvalue weighted by atomic mass is 10.1. The van der Waals surface area contributed by atoms with Crippen molar-refractivity contribution in [1.29, 1.82) is 0 Å². The van der Waals surface area contributed by atoms with Crippen LogP contribution in [0.15, 0.2) is 34.8 Å². The van der Waals surface area contributed by atoms with Crippen LogP contribution in [0.3, 0.4) is 0 Å². The van der Waals surface area contributed by atoms with Crippen molar-refractivity contribution in [2.75, 3.05) is 7.11 Å². The average Bonchev–Trinajstić information content (AvgIpc) is 2.49. The summed E-state index contributed by atoms with van der Waals surface area (Å²) in [7, 11) is 1.43. The molecular formula is C17H14BrClO3. The van der Waals surface area contributed by atoms with Crippen LogP contribution in [0.4, 0.5) is 0 Å². The van der Waals surface area contributed by atoms with Gasteiger partial charge in [-0.25, -0.2) is 4.79 Å². The predicted molar refractivity (Wildman–Crippen MR) is 92.8 cm³/mol. The first kappa shape index (κ1) is 16.6. The van der Waals surface area contributed by atoms with Gasteiger partial charge in [0.2, 0.25) is 0 Å². The van der Waals surface area contributed by atoms with E-state index in [0.717, 1.165) is 15.6 Å². The topological polar surface area (TPSA) is 46.5 Å². The summed E-state index contributed by atoms with van der Waals surface area (Å²) in [6, 6.07) is 8.94. The summed E-state index contributed by atoms with van der Waals surface area (Å²) >= 11 is 9.65. The van der Waals surface area contributed by atoms with E-state index < -0.39 is 5.97 Å². The summed E-state index contributed by atoms with van der Waals surface area (Å²) in [5, 5.41) is 9.49. The first-order valence-corrected chi connectivity index (χ1v) is 7.65. The van der Waals surface area contributed by atoms with Gasteiger partial charge in [0, 0.05) is 9.50 Å². The number of halogens is 2. The molecule has 2 aromatic rings.